The summed E-state index contributed by atoms with van der Waals surface area (Å²) >= 11 is 2.17. The lowest BCUT2D eigenvalue weighted by molar-refractivity contribution is 0.580. The highest BCUT2D eigenvalue weighted by molar-refractivity contribution is 14.1. The minimum Gasteiger partial charge on any atom is -0.228 e. The van der Waals surface area contributed by atoms with Crippen molar-refractivity contribution in [1.29, 1.82) is 0 Å². The second-order valence-corrected chi connectivity index (χ2v) is 4.41. The molecule has 0 spiro atoms. The molecule has 0 amide bonds. The minimum absolute atomic E-state index is 0.376. The maximum absolute atomic E-state index is 12.6. The SMILES string of the molecule is Fc1cc(I)c(CC2CC2)cn1. The summed E-state index contributed by atoms with van der Waals surface area (Å²) in [5, 5.41) is 0. The maximum Gasteiger partial charge on any atom is 0.213 e. The van der Waals surface area contributed by atoms with Gasteiger partial charge in [0.2, 0.25) is 5.95 Å². The van der Waals surface area contributed by atoms with Crippen LogP contribution in [0.15, 0.2) is 12.3 Å². The molecule has 2 rings (SSSR count). The number of rotatable bonds is 2. The Hall–Kier alpha value is -0.190. The summed E-state index contributed by atoms with van der Waals surface area (Å²) in [4.78, 5) is 3.65. The summed E-state index contributed by atoms with van der Waals surface area (Å²) in [5.41, 5.74) is 1.19. The zero-order valence-corrected chi connectivity index (χ0v) is 8.71. The molecule has 3 heteroatoms. The predicted octanol–water partition coefficient (Wildman–Crippen LogP) is 2.78. The quantitative estimate of drug-likeness (QED) is 0.598. The van der Waals surface area contributed by atoms with Gasteiger partial charge in [0.05, 0.1) is 0 Å². The summed E-state index contributed by atoms with van der Waals surface area (Å²) in [6.45, 7) is 0. The zero-order chi connectivity index (χ0) is 8.55. The molecule has 1 aliphatic rings. The summed E-state index contributed by atoms with van der Waals surface area (Å²) in [5.74, 6) is 0.463. The molecule has 1 saturated carbocycles. The molecule has 0 bridgehead atoms. The first kappa shape index (κ1) is 8.41. The number of aromatic nitrogens is 1. The molecule has 0 N–H and O–H groups in total. The first-order chi connectivity index (χ1) is 5.75. The molecular formula is C9H9FIN. The van der Waals surface area contributed by atoms with E-state index in [0.29, 0.717) is 0 Å². The van der Waals surface area contributed by atoms with Crippen LogP contribution >= 0.6 is 22.6 Å². The van der Waals surface area contributed by atoms with Crippen molar-refractivity contribution >= 4 is 22.6 Å². The number of halogens is 2. The van der Waals surface area contributed by atoms with E-state index in [4.69, 9.17) is 0 Å². The van der Waals surface area contributed by atoms with Gasteiger partial charge in [0, 0.05) is 15.8 Å². The van der Waals surface area contributed by atoms with Crippen LogP contribution in [0.2, 0.25) is 0 Å². The van der Waals surface area contributed by atoms with Crippen molar-refractivity contribution in [2.45, 2.75) is 19.3 Å². The van der Waals surface area contributed by atoms with Gasteiger partial charge in [-0.3, -0.25) is 0 Å². The van der Waals surface area contributed by atoms with Crippen LogP contribution in [0.5, 0.6) is 0 Å². The van der Waals surface area contributed by atoms with Gasteiger partial charge >= 0.3 is 0 Å². The number of nitrogens with zero attached hydrogens (tertiary/aromatic N) is 1. The highest BCUT2D eigenvalue weighted by atomic mass is 127. The van der Waals surface area contributed by atoms with Gasteiger partial charge in [-0.2, -0.15) is 4.39 Å². The van der Waals surface area contributed by atoms with E-state index in [1.54, 1.807) is 6.20 Å². The number of hydrogen-bond acceptors (Lipinski definition) is 1. The van der Waals surface area contributed by atoms with Gasteiger partial charge in [-0.15, -0.1) is 0 Å². The van der Waals surface area contributed by atoms with Crippen LogP contribution in [-0.4, -0.2) is 4.98 Å². The smallest absolute Gasteiger partial charge is 0.213 e. The van der Waals surface area contributed by atoms with Gasteiger partial charge in [-0.1, -0.05) is 0 Å². The molecule has 1 aliphatic carbocycles. The monoisotopic (exact) mass is 277 g/mol. The highest BCUT2D eigenvalue weighted by Gasteiger charge is 2.22. The second-order valence-electron chi connectivity index (χ2n) is 3.25. The minimum atomic E-state index is -0.376. The molecule has 0 radical (unpaired) electrons. The molecule has 1 fully saturated rings. The van der Waals surface area contributed by atoms with Crippen LogP contribution in [0.25, 0.3) is 0 Å². The van der Waals surface area contributed by atoms with Crippen LogP contribution in [-0.2, 0) is 6.42 Å². The third-order valence-corrected chi connectivity index (χ3v) is 3.11. The fourth-order valence-corrected chi connectivity index (χ4v) is 1.84. The van der Waals surface area contributed by atoms with Crippen LogP contribution in [0.4, 0.5) is 4.39 Å². The van der Waals surface area contributed by atoms with E-state index in [9.17, 15) is 4.39 Å². The Labute approximate surface area is 84.5 Å². The molecule has 64 valence electrons. The molecule has 1 nitrogen and oxygen atoms in total. The Morgan fingerprint density at radius 3 is 2.92 bits per heavy atom. The van der Waals surface area contributed by atoms with Gasteiger partial charge in [0.25, 0.3) is 0 Å². The Balaban J connectivity index is 2.18. The lowest BCUT2D eigenvalue weighted by Crippen LogP contribution is -1.94. The summed E-state index contributed by atoms with van der Waals surface area (Å²) in [6, 6.07) is 1.50. The average molecular weight is 277 g/mol. The van der Waals surface area contributed by atoms with Gasteiger partial charge in [-0.25, -0.2) is 4.98 Å². The molecular weight excluding hydrogens is 268 g/mol. The zero-order valence-electron chi connectivity index (χ0n) is 6.56. The number of hydrogen-bond donors (Lipinski definition) is 0. The summed E-state index contributed by atoms with van der Waals surface area (Å²) in [6.07, 6.45) is 5.39. The lowest BCUT2D eigenvalue weighted by atomic mass is 10.1. The highest BCUT2D eigenvalue weighted by Crippen LogP contribution is 2.33. The molecule has 0 aliphatic heterocycles. The lowest BCUT2D eigenvalue weighted by Gasteiger charge is -2.01. The maximum atomic E-state index is 12.6. The standard InChI is InChI=1S/C9H9FIN/c10-9-4-8(11)7(5-12-9)3-6-1-2-6/h4-6H,1-3H2. The van der Waals surface area contributed by atoms with Gasteiger partial charge in [-0.05, 0) is 53.3 Å². The second kappa shape index (κ2) is 3.28. The summed E-state index contributed by atoms with van der Waals surface area (Å²) in [7, 11) is 0. The normalized spacial score (nSPS) is 16.5. The molecule has 1 aromatic rings. The van der Waals surface area contributed by atoms with Crippen LogP contribution in [0, 0.1) is 15.4 Å². The Bertz CT molecular complexity index is 297. The molecule has 12 heavy (non-hydrogen) atoms. The van der Waals surface area contributed by atoms with Crippen LogP contribution < -0.4 is 0 Å². The third-order valence-electron chi connectivity index (χ3n) is 2.10. The van der Waals surface area contributed by atoms with Crippen molar-refractivity contribution in [3.8, 4) is 0 Å². The van der Waals surface area contributed by atoms with E-state index in [1.165, 1.54) is 24.5 Å². The van der Waals surface area contributed by atoms with E-state index in [-0.39, 0.29) is 5.95 Å². The van der Waals surface area contributed by atoms with E-state index in [0.717, 1.165) is 15.9 Å². The largest absolute Gasteiger partial charge is 0.228 e. The predicted molar refractivity (Wildman–Crippen MR) is 53.3 cm³/mol. The van der Waals surface area contributed by atoms with Gasteiger partial charge in [0.1, 0.15) is 0 Å². The fourth-order valence-electron chi connectivity index (χ4n) is 1.22. The Kier molecular flexibility index (Phi) is 2.30. The molecule has 0 aromatic carbocycles. The van der Waals surface area contributed by atoms with Gasteiger partial charge < -0.3 is 0 Å². The first-order valence-corrected chi connectivity index (χ1v) is 5.13. The molecule has 0 atom stereocenters. The van der Waals surface area contributed by atoms with Crippen LogP contribution in [0.3, 0.4) is 0 Å². The average Bonchev–Trinajstić information content (AvgIpc) is 2.79. The first-order valence-electron chi connectivity index (χ1n) is 4.05. The van der Waals surface area contributed by atoms with Crippen molar-refractivity contribution in [3.05, 3.63) is 27.3 Å². The Morgan fingerprint density at radius 1 is 1.58 bits per heavy atom. The summed E-state index contributed by atoms with van der Waals surface area (Å²) < 4.78 is 13.6. The van der Waals surface area contributed by atoms with E-state index in [2.05, 4.69) is 27.6 Å². The number of pyridine rings is 1. The van der Waals surface area contributed by atoms with E-state index in [1.807, 2.05) is 0 Å². The van der Waals surface area contributed by atoms with Crippen molar-refractivity contribution in [3.63, 3.8) is 0 Å². The third kappa shape index (κ3) is 1.94. The van der Waals surface area contributed by atoms with Gasteiger partial charge in [0.15, 0.2) is 0 Å². The van der Waals surface area contributed by atoms with Crippen molar-refractivity contribution in [1.82, 2.24) is 4.98 Å². The van der Waals surface area contributed by atoms with Crippen molar-refractivity contribution < 1.29 is 4.39 Å². The topological polar surface area (TPSA) is 12.9 Å². The molecule has 0 saturated heterocycles. The van der Waals surface area contributed by atoms with Crippen LogP contribution in [0.1, 0.15) is 18.4 Å². The fraction of sp³-hybridized carbons (Fsp3) is 0.444. The van der Waals surface area contributed by atoms with Crippen molar-refractivity contribution in [2.24, 2.45) is 5.92 Å². The van der Waals surface area contributed by atoms with Crippen molar-refractivity contribution in [2.75, 3.05) is 0 Å². The van der Waals surface area contributed by atoms with E-state index < -0.39 is 0 Å². The molecule has 1 aromatic heterocycles. The molecule has 0 unspecified atom stereocenters. The Morgan fingerprint density at radius 2 is 2.33 bits per heavy atom. The molecule has 1 heterocycles. The van der Waals surface area contributed by atoms with E-state index >= 15 is 0 Å².